The summed E-state index contributed by atoms with van der Waals surface area (Å²) in [5.41, 5.74) is 7.49. The minimum Gasteiger partial charge on any atom is -0.383 e. The van der Waals surface area contributed by atoms with Gasteiger partial charge in [-0.15, -0.1) is 11.3 Å². The molecule has 4 heterocycles. The Morgan fingerprint density at radius 1 is 1.12 bits per heavy atom. The molecule has 0 fully saturated rings. The number of nitriles is 1. The Hall–Kier alpha value is -5.28. The molecule has 2 aromatic carbocycles. The van der Waals surface area contributed by atoms with Crippen LogP contribution in [-0.2, 0) is 6.54 Å². The Morgan fingerprint density at radius 2 is 1.98 bits per heavy atom. The van der Waals surface area contributed by atoms with E-state index in [-0.39, 0.29) is 27.8 Å². The van der Waals surface area contributed by atoms with Crippen molar-refractivity contribution in [3.63, 3.8) is 0 Å². The van der Waals surface area contributed by atoms with E-state index in [0.29, 0.717) is 12.4 Å². The van der Waals surface area contributed by atoms with Gasteiger partial charge in [0.1, 0.15) is 34.9 Å². The lowest BCUT2D eigenvalue weighted by molar-refractivity contribution is 0.477. The van der Waals surface area contributed by atoms with Gasteiger partial charge >= 0.3 is 0 Å². The van der Waals surface area contributed by atoms with Gasteiger partial charge in [0.05, 0.1) is 30.0 Å². The largest absolute Gasteiger partial charge is 0.383 e. The van der Waals surface area contributed by atoms with Crippen molar-refractivity contribution in [2.45, 2.75) is 19.5 Å². The summed E-state index contributed by atoms with van der Waals surface area (Å²) in [6, 6.07) is 14.7. The molecule has 4 aromatic heterocycles. The number of fused-ring (bicyclic) bond motifs is 2. The molecule has 6 rings (SSSR count). The number of hydrogen-bond acceptors (Lipinski definition) is 9. The highest BCUT2D eigenvalue weighted by molar-refractivity contribution is 7.15. The van der Waals surface area contributed by atoms with Gasteiger partial charge in [0.2, 0.25) is 0 Å². The molecule has 0 aliphatic heterocycles. The number of nitrogens with one attached hydrogen (secondary N) is 1. The number of hydrogen-bond donors (Lipinski definition) is 2. The lowest BCUT2D eigenvalue weighted by atomic mass is 10.1. The van der Waals surface area contributed by atoms with Crippen molar-refractivity contribution in [3.05, 3.63) is 105 Å². The molecule has 0 amide bonds. The maximum atomic E-state index is 14.5. The van der Waals surface area contributed by atoms with E-state index in [1.807, 2.05) is 36.4 Å². The van der Waals surface area contributed by atoms with Gasteiger partial charge in [0.15, 0.2) is 11.6 Å². The second kappa shape index (κ2) is 10.4. The van der Waals surface area contributed by atoms with Crippen LogP contribution in [0, 0.1) is 23.0 Å². The number of thiophene rings is 1. The van der Waals surface area contributed by atoms with Crippen molar-refractivity contribution in [3.8, 4) is 16.5 Å². The molecule has 1 unspecified atom stereocenters. The van der Waals surface area contributed by atoms with Gasteiger partial charge in [-0.2, -0.15) is 5.26 Å². The molecule has 41 heavy (non-hydrogen) atoms. The molecule has 6 aromatic rings. The van der Waals surface area contributed by atoms with E-state index in [9.17, 15) is 18.8 Å². The van der Waals surface area contributed by atoms with Crippen LogP contribution >= 0.6 is 11.3 Å². The molecule has 0 saturated carbocycles. The second-order valence-corrected chi connectivity index (χ2v) is 10.4. The summed E-state index contributed by atoms with van der Waals surface area (Å²) >= 11 is 1.54. The normalized spacial score (nSPS) is 12.0. The third-order valence-electron chi connectivity index (χ3n) is 6.82. The van der Waals surface area contributed by atoms with Gasteiger partial charge in [-0.1, -0.05) is 18.2 Å². The fourth-order valence-electron chi connectivity index (χ4n) is 4.65. The van der Waals surface area contributed by atoms with Crippen molar-refractivity contribution >= 4 is 44.8 Å². The van der Waals surface area contributed by atoms with E-state index in [1.54, 1.807) is 18.3 Å². The highest BCUT2D eigenvalue weighted by Gasteiger charge is 2.21. The Labute approximate surface area is 235 Å². The Kier molecular flexibility index (Phi) is 6.56. The van der Waals surface area contributed by atoms with Gasteiger partial charge in [-0.25, -0.2) is 28.7 Å². The molecule has 0 aliphatic rings. The summed E-state index contributed by atoms with van der Waals surface area (Å²) in [5, 5.41) is 13.6. The van der Waals surface area contributed by atoms with Crippen LogP contribution in [0.2, 0.25) is 0 Å². The lowest BCUT2D eigenvalue weighted by Crippen LogP contribution is -2.26. The second-order valence-electron chi connectivity index (χ2n) is 9.24. The van der Waals surface area contributed by atoms with E-state index >= 15 is 0 Å². The fraction of sp³-hybridized carbons (Fsp3) is 0.103. The average Bonchev–Trinajstić information content (AvgIpc) is 3.46. The zero-order valence-corrected chi connectivity index (χ0v) is 22.3. The molecule has 12 heteroatoms. The first kappa shape index (κ1) is 26.0. The Morgan fingerprint density at radius 3 is 2.80 bits per heavy atom. The topological polar surface area (TPSA) is 135 Å². The predicted molar refractivity (Wildman–Crippen MR) is 153 cm³/mol. The van der Waals surface area contributed by atoms with Crippen LogP contribution in [0.25, 0.3) is 32.2 Å². The van der Waals surface area contributed by atoms with Crippen molar-refractivity contribution in [1.29, 1.82) is 5.26 Å². The molecule has 0 aliphatic carbocycles. The van der Waals surface area contributed by atoms with E-state index in [1.165, 1.54) is 35.6 Å². The highest BCUT2D eigenvalue weighted by atomic mass is 32.1. The summed E-state index contributed by atoms with van der Waals surface area (Å²) in [7, 11) is 0. The van der Waals surface area contributed by atoms with Gasteiger partial charge in [0.25, 0.3) is 5.56 Å². The number of nitrogen functional groups attached to an aromatic ring is 1. The number of benzene rings is 2. The first-order valence-corrected chi connectivity index (χ1v) is 13.2. The molecule has 3 N–H and O–H groups in total. The van der Waals surface area contributed by atoms with Crippen molar-refractivity contribution < 1.29 is 8.78 Å². The molecule has 1 atom stereocenters. The number of aromatic nitrogens is 5. The van der Waals surface area contributed by atoms with Crippen LogP contribution in [0.5, 0.6) is 0 Å². The van der Waals surface area contributed by atoms with Crippen LogP contribution < -0.4 is 16.6 Å². The SMILES string of the molecule is CC(c1cccc(F)c1F)n1cnc2c(C#N)cnc(NCc3ccc(-c4ccc5ncnc(N)c5c4)s3)c2c1=O. The minimum absolute atomic E-state index is 0.000260. The Bertz CT molecular complexity index is 2070. The number of halogens is 2. The number of pyridine rings is 1. The van der Waals surface area contributed by atoms with Gasteiger partial charge in [-0.3, -0.25) is 9.36 Å². The minimum atomic E-state index is -1.04. The van der Waals surface area contributed by atoms with Crippen LogP contribution in [0.4, 0.5) is 20.4 Å². The molecule has 0 saturated heterocycles. The van der Waals surface area contributed by atoms with Crippen LogP contribution in [-0.4, -0.2) is 24.5 Å². The molecular weight excluding hydrogens is 546 g/mol. The lowest BCUT2D eigenvalue weighted by Gasteiger charge is -2.17. The van der Waals surface area contributed by atoms with Gasteiger partial charge in [-0.05, 0) is 42.8 Å². The summed E-state index contributed by atoms with van der Waals surface area (Å²) in [6.07, 6.45) is 4.01. The maximum Gasteiger partial charge on any atom is 0.265 e. The van der Waals surface area contributed by atoms with Crippen molar-refractivity contribution in [2.24, 2.45) is 0 Å². The first-order valence-electron chi connectivity index (χ1n) is 12.4. The predicted octanol–water partition coefficient (Wildman–Crippen LogP) is 5.42. The zero-order valence-electron chi connectivity index (χ0n) is 21.5. The number of nitrogens with two attached hydrogens (primary N) is 1. The van der Waals surface area contributed by atoms with Crippen LogP contribution in [0.15, 0.2) is 72.2 Å². The standard InChI is InChI=1S/C29H20F2N8OS/c1-15(19-3-2-4-21(30)25(19)31)39-14-38-26-17(10-32)11-34-28(24(26)29(39)40)35-12-18-6-8-23(41-18)16-5-7-22-20(9-16)27(33)37-13-36-22/h2-9,11,13-15H,12H2,1H3,(H,34,35)(H2,33,36,37). The monoisotopic (exact) mass is 566 g/mol. The molecule has 9 nitrogen and oxygen atoms in total. The summed E-state index contributed by atoms with van der Waals surface area (Å²) in [5.74, 6) is -1.42. The Balaban J connectivity index is 1.33. The van der Waals surface area contributed by atoms with E-state index in [4.69, 9.17) is 5.73 Å². The highest BCUT2D eigenvalue weighted by Crippen LogP contribution is 2.32. The van der Waals surface area contributed by atoms with Crippen LogP contribution in [0.3, 0.4) is 0 Å². The van der Waals surface area contributed by atoms with E-state index in [2.05, 4.69) is 25.3 Å². The molecule has 0 spiro atoms. The quantitative estimate of drug-likeness (QED) is 0.273. The maximum absolute atomic E-state index is 14.5. The average molecular weight is 567 g/mol. The molecule has 202 valence electrons. The smallest absolute Gasteiger partial charge is 0.265 e. The third kappa shape index (κ3) is 4.62. The molecule has 0 radical (unpaired) electrons. The third-order valence-corrected chi connectivity index (χ3v) is 7.96. The number of nitrogens with zero attached hydrogens (tertiary/aromatic N) is 6. The summed E-state index contributed by atoms with van der Waals surface area (Å²) < 4.78 is 29.6. The van der Waals surface area contributed by atoms with Crippen molar-refractivity contribution in [1.82, 2.24) is 24.5 Å². The van der Waals surface area contributed by atoms with E-state index < -0.39 is 23.2 Å². The van der Waals surface area contributed by atoms with Crippen LogP contribution in [0.1, 0.15) is 29.0 Å². The molecular formula is C29H20F2N8OS. The number of anilines is 2. The van der Waals surface area contributed by atoms with E-state index in [0.717, 1.165) is 32.3 Å². The van der Waals surface area contributed by atoms with Crippen molar-refractivity contribution in [2.75, 3.05) is 11.1 Å². The zero-order chi connectivity index (χ0) is 28.7. The fourth-order valence-corrected chi connectivity index (χ4v) is 5.60. The molecule has 0 bridgehead atoms. The number of rotatable bonds is 6. The first-order chi connectivity index (χ1) is 19.9. The van der Waals surface area contributed by atoms with Gasteiger partial charge in [0, 0.05) is 26.9 Å². The summed E-state index contributed by atoms with van der Waals surface area (Å²) in [6.45, 7) is 1.90. The summed E-state index contributed by atoms with van der Waals surface area (Å²) in [4.78, 5) is 32.6. The van der Waals surface area contributed by atoms with Gasteiger partial charge < -0.3 is 11.1 Å².